The first kappa shape index (κ1) is 16.3. The zero-order valence-corrected chi connectivity index (χ0v) is 14.8. The van der Waals surface area contributed by atoms with Gasteiger partial charge in [-0.15, -0.1) is 10.2 Å². The molecule has 0 saturated carbocycles. The van der Waals surface area contributed by atoms with Crippen molar-refractivity contribution in [2.24, 2.45) is 7.05 Å². The van der Waals surface area contributed by atoms with E-state index in [-0.39, 0.29) is 17.8 Å². The minimum absolute atomic E-state index is 0.0405. The van der Waals surface area contributed by atoms with Gasteiger partial charge in [-0.05, 0) is 18.9 Å². The van der Waals surface area contributed by atoms with Crippen molar-refractivity contribution in [1.29, 1.82) is 0 Å². The number of nitrogens with one attached hydrogen (secondary N) is 1. The van der Waals surface area contributed by atoms with E-state index < -0.39 is 0 Å². The second-order valence-corrected chi connectivity index (χ2v) is 7.01. The zero-order valence-electron chi connectivity index (χ0n) is 13.9. The summed E-state index contributed by atoms with van der Waals surface area (Å²) in [5.74, 6) is 0.227. The molecular formula is C17H19N5O2S. The highest BCUT2D eigenvalue weighted by atomic mass is 32.2. The lowest BCUT2D eigenvalue weighted by Crippen LogP contribution is -2.32. The molecule has 25 heavy (non-hydrogen) atoms. The molecule has 1 aliphatic heterocycles. The van der Waals surface area contributed by atoms with Crippen LogP contribution in [-0.4, -0.2) is 50.7 Å². The molecule has 1 N–H and O–H groups in total. The summed E-state index contributed by atoms with van der Waals surface area (Å²) in [6.07, 6.45) is 2.23. The number of hydrogen-bond acceptors (Lipinski definition) is 6. The third-order valence-electron chi connectivity index (χ3n) is 4.37. The van der Waals surface area contributed by atoms with Crippen LogP contribution in [0.15, 0.2) is 29.4 Å². The molecule has 0 aliphatic carbocycles. The Bertz CT molecular complexity index is 920. The largest absolute Gasteiger partial charge is 0.376 e. The van der Waals surface area contributed by atoms with E-state index in [2.05, 4.69) is 20.5 Å². The Labute approximate surface area is 149 Å². The molecular weight excluding hydrogens is 338 g/mol. The van der Waals surface area contributed by atoms with Crippen molar-refractivity contribution in [1.82, 2.24) is 25.1 Å². The van der Waals surface area contributed by atoms with Crippen LogP contribution in [0.5, 0.6) is 0 Å². The van der Waals surface area contributed by atoms with Crippen LogP contribution >= 0.6 is 11.8 Å². The normalized spacial score (nSPS) is 17.4. The number of thioether (sulfide) groups is 1. The summed E-state index contributed by atoms with van der Waals surface area (Å²) in [7, 11) is 1.96. The Morgan fingerprint density at radius 2 is 2.28 bits per heavy atom. The van der Waals surface area contributed by atoms with Crippen LogP contribution in [0.1, 0.15) is 12.8 Å². The topological polar surface area (TPSA) is 81.9 Å². The molecule has 1 aliphatic rings. The van der Waals surface area contributed by atoms with Crippen molar-refractivity contribution in [2.75, 3.05) is 18.9 Å². The average Bonchev–Trinajstić information content (AvgIpc) is 3.26. The number of carbonyl (C=O) groups is 1. The number of nitrogens with zero attached hydrogens (tertiary/aromatic N) is 4. The fourth-order valence-corrected chi connectivity index (χ4v) is 3.68. The van der Waals surface area contributed by atoms with E-state index in [1.165, 1.54) is 11.8 Å². The van der Waals surface area contributed by atoms with Gasteiger partial charge in [-0.1, -0.05) is 30.0 Å². The second kappa shape index (κ2) is 6.97. The van der Waals surface area contributed by atoms with Gasteiger partial charge < -0.3 is 14.6 Å². The summed E-state index contributed by atoms with van der Waals surface area (Å²) < 4.78 is 7.50. The van der Waals surface area contributed by atoms with Crippen LogP contribution in [0.25, 0.3) is 22.1 Å². The highest BCUT2D eigenvalue weighted by molar-refractivity contribution is 7.99. The molecule has 2 aromatic heterocycles. The molecule has 130 valence electrons. The van der Waals surface area contributed by atoms with Crippen molar-refractivity contribution < 1.29 is 9.53 Å². The van der Waals surface area contributed by atoms with E-state index in [0.29, 0.717) is 11.7 Å². The van der Waals surface area contributed by atoms with E-state index in [1.54, 1.807) is 0 Å². The van der Waals surface area contributed by atoms with Crippen LogP contribution in [0.4, 0.5) is 0 Å². The number of ether oxygens (including phenoxy) is 1. The van der Waals surface area contributed by atoms with Crippen molar-refractivity contribution in [2.45, 2.75) is 24.1 Å². The van der Waals surface area contributed by atoms with E-state index in [4.69, 9.17) is 4.74 Å². The SMILES string of the molecule is Cn1c2ccccc2c2nnc(SCC(=O)NC[C@@H]3CCCO3)nc21. The molecule has 4 rings (SSSR count). The van der Waals surface area contributed by atoms with Crippen molar-refractivity contribution in [3.05, 3.63) is 24.3 Å². The standard InChI is InChI=1S/C17H19N5O2S/c1-22-13-7-3-2-6-12(13)15-16(22)19-17(21-20-15)25-10-14(23)18-9-11-5-4-8-24-11/h2-3,6-7,11H,4-5,8-10H2,1H3,(H,18,23)/t11-/m0/s1. The first-order valence-corrected chi connectivity index (χ1v) is 9.30. The molecule has 1 saturated heterocycles. The van der Waals surface area contributed by atoms with Crippen molar-refractivity contribution in [3.63, 3.8) is 0 Å². The van der Waals surface area contributed by atoms with Gasteiger partial charge in [0.2, 0.25) is 11.1 Å². The Balaban J connectivity index is 1.44. The van der Waals surface area contributed by atoms with Crippen molar-refractivity contribution in [3.8, 4) is 0 Å². The summed E-state index contributed by atoms with van der Waals surface area (Å²) in [6.45, 7) is 1.36. The van der Waals surface area contributed by atoms with Gasteiger partial charge in [0.1, 0.15) is 5.52 Å². The first-order chi connectivity index (χ1) is 12.2. The van der Waals surface area contributed by atoms with Gasteiger partial charge in [-0.2, -0.15) is 0 Å². The number of hydrogen-bond donors (Lipinski definition) is 1. The van der Waals surface area contributed by atoms with Gasteiger partial charge in [0, 0.05) is 25.6 Å². The predicted molar refractivity (Wildman–Crippen MR) is 96.5 cm³/mol. The van der Waals surface area contributed by atoms with E-state index in [1.807, 2.05) is 35.9 Å². The van der Waals surface area contributed by atoms with Crippen LogP contribution in [0.2, 0.25) is 0 Å². The van der Waals surface area contributed by atoms with Crippen LogP contribution in [0.3, 0.4) is 0 Å². The van der Waals surface area contributed by atoms with E-state index >= 15 is 0 Å². The quantitative estimate of drug-likeness (QED) is 0.703. The smallest absolute Gasteiger partial charge is 0.230 e. The lowest BCUT2D eigenvalue weighted by molar-refractivity contribution is -0.119. The number of aromatic nitrogens is 4. The fourth-order valence-electron chi connectivity index (χ4n) is 3.07. The molecule has 1 fully saturated rings. The molecule has 8 heteroatoms. The van der Waals surface area contributed by atoms with Crippen molar-refractivity contribution >= 4 is 39.7 Å². The lowest BCUT2D eigenvalue weighted by atomic mass is 10.2. The maximum atomic E-state index is 12.0. The number of aryl methyl sites for hydroxylation is 1. The Kier molecular flexibility index (Phi) is 4.54. The maximum absolute atomic E-state index is 12.0. The Morgan fingerprint density at radius 3 is 3.12 bits per heavy atom. The highest BCUT2D eigenvalue weighted by Gasteiger charge is 2.17. The van der Waals surface area contributed by atoms with Gasteiger partial charge in [-0.3, -0.25) is 4.79 Å². The number of rotatable bonds is 5. The number of amides is 1. The van der Waals surface area contributed by atoms with Gasteiger partial charge in [-0.25, -0.2) is 4.98 Å². The molecule has 0 unspecified atom stereocenters. The third-order valence-corrected chi connectivity index (χ3v) is 5.21. The summed E-state index contributed by atoms with van der Waals surface area (Å²) in [5.41, 5.74) is 2.62. The number of fused-ring (bicyclic) bond motifs is 3. The molecule has 3 aromatic rings. The van der Waals surface area contributed by atoms with Crippen LogP contribution in [0, 0.1) is 0 Å². The average molecular weight is 357 g/mol. The molecule has 0 bridgehead atoms. The third kappa shape index (κ3) is 3.32. The summed E-state index contributed by atoms with van der Waals surface area (Å²) in [6, 6.07) is 8.01. The summed E-state index contributed by atoms with van der Waals surface area (Å²) in [5, 5.41) is 12.9. The summed E-state index contributed by atoms with van der Waals surface area (Å²) in [4.78, 5) is 16.5. The van der Waals surface area contributed by atoms with Gasteiger partial charge in [0.15, 0.2) is 5.65 Å². The lowest BCUT2D eigenvalue weighted by Gasteiger charge is -2.10. The minimum Gasteiger partial charge on any atom is -0.376 e. The maximum Gasteiger partial charge on any atom is 0.230 e. The second-order valence-electron chi connectivity index (χ2n) is 6.07. The minimum atomic E-state index is -0.0405. The van der Waals surface area contributed by atoms with E-state index in [0.717, 1.165) is 41.5 Å². The van der Waals surface area contributed by atoms with E-state index in [9.17, 15) is 4.79 Å². The number of para-hydroxylation sites is 1. The molecule has 7 nitrogen and oxygen atoms in total. The molecule has 1 amide bonds. The molecule has 0 spiro atoms. The van der Waals surface area contributed by atoms with Crippen LogP contribution < -0.4 is 5.32 Å². The molecule has 3 heterocycles. The number of benzene rings is 1. The predicted octanol–water partition coefficient (Wildman–Crippen LogP) is 1.90. The summed E-state index contributed by atoms with van der Waals surface area (Å²) >= 11 is 1.29. The molecule has 1 atom stereocenters. The van der Waals surface area contributed by atoms with Crippen LogP contribution in [-0.2, 0) is 16.6 Å². The van der Waals surface area contributed by atoms with Gasteiger partial charge >= 0.3 is 0 Å². The fraction of sp³-hybridized carbons (Fsp3) is 0.412. The Morgan fingerprint density at radius 1 is 1.40 bits per heavy atom. The van der Waals surface area contributed by atoms with Gasteiger partial charge in [0.25, 0.3) is 0 Å². The monoisotopic (exact) mass is 357 g/mol. The number of carbonyl (C=O) groups excluding carboxylic acids is 1. The first-order valence-electron chi connectivity index (χ1n) is 8.31. The molecule has 0 radical (unpaired) electrons. The van der Waals surface area contributed by atoms with Gasteiger partial charge in [0.05, 0.1) is 17.4 Å². The Hall–Kier alpha value is -2.19. The highest BCUT2D eigenvalue weighted by Crippen LogP contribution is 2.25. The zero-order chi connectivity index (χ0) is 17.2. The molecule has 1 aromatic carbocycles.